The minimum absolute atomic E-state index is 0.0536. The van der Waals surface area contributed by atoms with Gasteiger partial charge in [-0.25, -0.2) is 0 Å². The first-order valence-corrected chi connectivity index (χ1v) is 12.8. The maximum absolute atomic E-state index is 13.3. The molecule has 3 heterocycles. The first kappa shape index (κ1) is 23.1. The van der Waals surface area contributed by atoms with E-state index in [-0.39, 0.29) is 17.4 Å². The monoisotopic (exact) mass is 509 g/mol. The van der Waals surface area contributed by atoms with Crippen molar-refractivity contribution in [2.75, 3.05) is 4.90 Å². The number of anilines is 1. The molecule has 2 aliphatic heterocycles. The molecule has 2 unspecified atom stereocenters. The molecular formula is C30H23NO5S. The van der Waals surface area contributed by atoms with Crippen molar-refractivity contribution in [2.24, 2.45) is 0 Å². The predicted octanol–water partition coefficient (Wildman–Crippen LogP) is 6.49. The summed E-state index contributed by atoms with van der Waals surface area (Å²) in [7, 11) is 0. The summed E-state index contributed by atoms with van der Waals surface area (Å²) >= 11 is 1.43. The van der Waals surface area contributed by atoms with E-state index in [2.05, 4.69) is 0 Å². The summed E-state index contributed by atoms with van der Waals surface area (Å²) in [5.74, 6) is 0.486. The highest BCUT2D eigenvalue weighted by Gasteiger charge is 2.47. The van der Waals surface area contributed by atoms with Crippen LogP contribution in [0.2, 0.25) is 0 Å². The molecule has 37 heavy (non-hydrogen) atoms. The van der Waals surface area contributed by atoms with Gasteiger partial charge in [-0.1, -0.05) is 24.3 Å². The van der Waals surface area contributed by atoms with Crippen LogP contribution in [0.25, 0.3) is 5.76 Å². The number of aliphatic hydroxyl groups excluding tert-OH is 1. The Hall–Kier alpha value is -4.36. The minimum atomic E-state index is -0.746. The smallest absolute Gasteiger partial charge is 0.300 e. The SMILES string of the molecule is CC1Cc2cc(/C(O)=C3/C(=O)C(=O)N(c4ccc(Oc5ccccc5)cc4)C3c3cccs3)ccc2O1. The number of para-hydroxylation sites is 1. The number of ketones is 1. The van der Waals surface area contributed by atoms with Gasteiger partial charge in [0.05, 0.1) is 5.57 Å². The molecule has 1 N–H and O–H groups in total. The van der Waals surface area contributed by atoms with E-state index in [1.54, 1.807) is 36.4 Å². The fourth-order valence-electron chi connectivity index (χ4n) is 4.84. The number of thiophene rings is 1. The Morgan fingerprint density at radius 2 is 1.73 bits per heavy atom. The number of benzene rings is 3. The standard InChI is InChI=1S/C30H23NO5S/c1-18-16-20-17-19(9-14-24(20)35-18)28(32)26-27(25-8-5-15-37-25)31(30(34)29(26)33)21-10-12-23(13-11-21)36-22-6-3-2-4-7-22/h2-15,17-18,27,32H,16H2,1H3/b28-26-. The summed E-state index contributed by atoms with van der Waals surface area (Å²) in [5, 5.41) is 13.3. The van der Waals surface area contributed by atoms with Gasteiger partial charge in [0, 0.05) is 22.5 Å². The Morgan fingerprint density at radius 3 is 2.46 bits per heavy atom. The number of hydrogen-bond acceptors (Lipinski definition) is 6. The van der Waals surface area contributed by atoms with Gasteiger partial charge >= 0.3 is 0 Å². The Balaban J connectivity index is 1.39. The van der Waals surface area contributed by atoms with Crippen molar-refractivity contribution in [3.63, 3.8) is 0 Å². The zero-order valence-corrected chi connectivity index (χ0v) is 20.8. The lowest BCUT2D eigenvalue weighted by Crippen LogP contribution is -2.29. The average molecular weight is 510 g/mol. The molecule has 1 amide bonds. The van der Waals surface area contributed by atoms with E-state index in [1.807, 2.05) is 60.8 Å². The van der Waals surface area contributed by atoms with Crippen molar-refractivity contribution >= 4 is 34.5 Å². The molecule has 0 spiro atoms. The molecule has 6 nitrogen and oxygen atoms in total. The lowest BCUT2D eigenvalue weighted by Gasteiger charge is -2.24. The van der Waals surface area contributed by atoms with Crippen LogP contribution in [0.15, 0.2) is 95.9 Å². The molecule has 4 aromatic rings. The molecule has 1 aromatic heterocycles. The molecule has 0 saturated carbocycles. The van der Waals surface area contributed by atoms with Crippen LogP contribution in [-0.4, -0.2) is 22.9 Å². The van der Waals surface area contributed by atoms with Gasteiger partial charge in [-0.2, -0.15) is 0 Å². The van der Waals surface area contributed by atoms with Crippen molar-refractivity contribution in [3.05, 3.63) is 112 Å². The lowest BCUT2D eigenvalue weighted by molar-refractivity contribution is -0.132. The highest BCUT2D eigenvalue weighted by atomic mass is 32.1. The van der Waals surface area contributed by atoms with Crippen LogP contribution in [0.4, 0.5) is 5.69 Å². The molecule has 1 saturated heterocycles. The normalized spacial score (nSPS) is 20.1. The van der Waals surface area contributed by atoms with Crippen LogP contribution in [0, 0.1) is 0 Å². The molecule has 6 rings (SSSR count). The molecule has 2 atom stereocenters. The molecule has 0 radical (unpaired) electrons. The summed E-state index contributed by atoms with van der Waals surface area (Å²) in [6.07, 6.45) is 0.772. The lowest BCUT2D eigenvalue weighted by atomic mass is 9.98. The molecule has 1 fully saturated rings. The van der Waals surface area contributed by atoms with Crippen LogP contribution in [0.1, 0.15) is 29.0 Å². The molecule has 0 bridgehead atoms. The average Bonchev–Trinajstić information content (AvgIpc) is 3.63. The van der Waals surface area contributed by atoms with E-state index in [9.17, 15) is 14.7 Å². The summed E-state index contributed by atoms with van der Waals surface area (Å²) in [6, 6.07) is 24.8. The van der Waals surface area contributed by atoms with E-state index in [1.165, 1.54) is 16.2 Å². The van der Waals surface area contributed by atoms with Crippen LogP contribution < -0.4 is 14.4 Å². The molecule has 7 heteroatoms. The largest absolute Gasteiger partial charge is 0.507 e. The number of ether oxygens (including phenoxy) is 2. The topological polar surface area (TPSA) is 76.1 Å². The van der Waals surface area contributed by atoms with E-state index in [4.69, 9.17) is 9.47 Å². The molecule has 2 aliphatic rings. The van der Waals surface area contributed by atoms with Crippen LogP contribution in [-0.2, 0) is 16.0 Å². The minimum Gasteiger partial charge on any atom is -0.507 e. The third kappa shape index (κ3) is 4.17. The fourth-order valence-corrected chi connectivity index (χ4v) is 5.66. The van der Waals surface area contributed by atoms with Gasteiger partial charge in [0.1, 0.15) is 35.2 Å². The molecule has 184 valence electrons. The summed E-state index contributed by atoms with van der Waals surface area (Å²) in [6.45, 7) is 1.98. The molecule has 0 aliphatic carbocycles. The summed E-state index contributed by atoms with van der Waals surface area (Å²) < 4.78 is 11.6. The van der Waals surface area contributed by atoms with Crippen molar-refractivity contribution < 1.29 is 24.2 Å². The second-order valence-corrected chi connectivity index (χ2v) is 10.0. The number of nitrogens with zero attached hydrogens (tertiary/aromatic N) is 1. The first-order valence-electron chi connectivity index (χ1n) is 12.0. The first-order chi connectivity index (χ1) is 18.0. The highest BCUT2D eigenvalue weighted by Crippen LogP contribution is 2.44. The Bertz CT molecular complexity index is 1510. The van der Waals surface area contributed by atoms with Crippen molar-refractivity contribution in [1.82, 2.24) is 0 Å². The van der Waals surface area contributed by atoms with Crippen LogP contribution in [0.3, 0.4) is 0 Å². The zero-order chi connectivity index (χ0) is 25.5. The van der Waals surface area contributed by atoms with Gasteiger partial charge in [0.15, 0.2) is 0 Å². The molecular weight excluding hydrogens is 486 g/mol. The van der Waals surface area contributed by atoms with Gasteiger partial charge in [-0.3, -0.25) is 14.5 Å². The van der Waals surface area contributed by atoms with Gasteiger partial charge in [-0.05, 0) is 78.5 Å². The quantitative estimate of drug-likeness (QED) is 0.189. The number of fused-ring (bicyclic) bond motifs is 1. The van der Waals surface area contributed by atoms with E-state index >= 15 is 0 Å². The maximum Gasteiger partial charge on any atom is 0.300 e. The maximum atomic E-state index is 13.3. The third-order valence-electron chi connectivity index (χ3n) is 6.52. The number of carbonyl (C=O) groups excluding carboxylic acids is 2. The summed E-state index contributed by atoms with van der Waals surface area (Å²) in [4.78, 5) is 28.9. The van der Waals surface area contributed by atoms with Crippen molar-refractivity contribution in [2.45, 2.75) is 25.5 Å². The number of aliphatic hydroxyl groups is 1. The van der Waals surface area contributed by atoms with Crippen molar-refractivity contribution in [1.29, 1.82) is 0 Å². The Kier molecular flexibility index (Phi) is 5.77. The van der Waals surface area contributed by atoms with E-state index < -0.39 is 17.7 Å². The number of Topliss-reactive ketones (excluding diaryl/α,β-unsaturated/α-hetero) is 1. The van der Waals surface area contributed by atoms with Gasteiger partial charge in [0.25, 0.3) is 11.7 Å². The van der Waals surface area contributed by atoms with Crippen molar-refractivity contribution in [3.8, 4) is 17.2 Å². The third-order valence-corrected chi connectivity index (χ3v) is 7.45. The van der Waals surface area contributed by atoms with Gasteiger partial charge in [-0.15, -0.1) is 11.3 Å². The fraction of sp³-hybridized carbons (Fsp3) is 0.133. The second kappa shape index (κ2) is 9.26. The number of rotatable bonds is 5. The Labute approximate surface area is 218 Å². The van der Waals surface area contributed by atoms with E-state index in [0.29, 0.717) is 22.7 Å². The highest BCUT2D eigenvalue weighted by molar-refractivity contribution is 7.10. The number of hydrogen-bond donors (Lipinski definition) is 1. The Morgan fingerprint density at radius 1 is 0.973 bits per heavy atom. The number of amides is 1. The summed E-state index contributed by atoms with van der Waals surface area (Å²) in [5.41, 5.74) is 2.06. The zero-order valence-electron chi connectivity index (χ0n) is 20.0. The van der Waals surface area contributed by atoms with Crippen LogP contribution >= 0.6 is 11.3 Å². The van der Waals surface area contributed by atoms with Gasteiger partial charge in [0.2, 0.25) is 0 Å². The molecule has 3 aromatic carbocycles. The predicted molar refractivity (Wildman–Crippen MR) is 142 cm³/mol. The van der Waals surface area contributed by atoms with Crippen LogP contribution in [0.5, 0.6) is 17.2 Å². The number of carbonyl (C=O) groups is 2. The van der Waals surface area contributed by atoms with Gasteiger partial charge < -0.3 is 14.6 Å². The van der Waals surface area contributed by atoms with E-state index in [0.717, 1.165) is 22.6 Å². The second-order valence-electron chi connectivity index (χ2n) is 9.05.